The Hall–Kier alpha value is -0.970. The summed E-state index contributed by atoms with van der Waals surface area (Å²) in [5.41, 5.74) is -0.0221. The number of thioether (sulfide) groups is 1. The van der Waals surface area contributed by atoms with Gasteiger partial charge in [0.25, 0.3) is 0 Å². The zero-order chi connectivity index (χ0) is 8.97. The van der Waals surface area contributed by atoms with Gasteiger partial charge < -0.3 is 9.63 Å². The lowest BCUT2D eigenvalue weighted by molar-refractivity contribution is 0.0685. The van der Waals surface area contributed by atoms with Crippen molar-refractivity contribution in [2.45, 2.75) is 6.42 Å². The van der Waals surface area contributed by atoms with Crippen LogP contribution in [-0.4, -0.2) is 28.2 Å². The molecule has 0 bridgehead atoms. The standard InChI is InChI=1S/C7H9NO3S/c1-12-3-2-5-4-6(7(9)10)8-11-5/h4H,2-3H2,1H3,(H,9,10). The van der Waals surface area contributed by atoms with Gasteiger partial charge >= 0.3 is 5.97 Å². The second kappa shape index (κ2) is 4.15. The Labute approximate surface area is 73.9 Å². The summed E-state index contributed by atoms with van der Waals surface area (Å²) in [5.74, 6) is 0.491. The number of carboxylic acid groups (broad SMARTS) is 1. The lowest BCUT2D eigenvalue weighted by Crippen LogP contribution is -1.94. The molecule has 0 aliphatic carbocycles. The molecule has 12 heavy (non-hydrogen) atoms. The van der Waals surface area contributed by atoms with Crippen LogP contribution in [0.5, 0.6) is 0 Å². The molecule has 1 N–H and O–H groups in total. The van der Waals surface area contributed by atoms with E-state index in [1.54, 1.807) is 11.8 Å². The minimum atomic E-state index is -1.05. The molecule has 0 radical (unpaired) electrons. The molecule has 0 unspecified atom stereocenters. The molecule has 1 heterocycles. The van der Waals surface area contributed by atoms with Gasteiger partial charge in [0.1, 0.15) is 5.76 Å². The van der Waals surface area contributed by atoms with Crippen LogP contribution in [0.2, 0.25) is 0 Å². The summed E-state index contributed by atoms with van der Waals surface area (Å²) >= 11 is 1.68. The van der Waals surface area contributed by atoms with Gasteiger partial charge in [0.05, 0.1) is 0 Å². The molecular formula is C7H9NO3S. The first kappa shape index (κ1) is 9.12. The Kier molecular flexibility index (Phi) is 3.16. The number of aryl methyl sites for hydroxylation is 1. The topological polar surface area (TPSA) is 63.3 Å². The Morgan fingerprint density at radius 2 is 2.58 bits per heavy atom. The minimum Gasteiger partial charge on any atom is -0.476 e. The van der Waals surface area contributed by atoms with Gasteiger partial charge in [-0.2, -0.15) is 11.8 Å². The summed E-state index contributed by atoms with van der Waals surface area (Å²) in [5, 5.41) is 11.9. The summed E-state index contributed by atoms with van der Waals surface area (Å²) in [7, 11) is 0. The minimum absolute atomic E-state index is 0.0221. The third-order valence-corrected chi connectivity index (χ3v) is 1.94. The van der Waals surface area contributed by atoms with E-state index in [0.717, 1.165) is 12.2 Å². The van der Waals surface area contributed by atoms with Gasteiger partial charge in [0, 0.05) is 18.2 Å². The molecule has 1 aromatic heterocycles. The highest BCUT2D eigenvalue weighted by Gasteiger charge is 2.09. The van der Waals surface area contributed by atoms with Crippen molar-refractivity contribution in [1.82, 2.24) is 5.16 Å². The fraction of sp³-hybridized carbons (Fsp3) is 0.429. The average Bonchev–Trinajstić information content (AvgIpc) is 2.48. The highest BCUT2D eigenvalue weighted by molar-refractivity contribution is 7.98. The normalized spacial score (nSPS) is 10.1. The second-order valence-corrected chi connectivity index (χ2v) is 3.21. The molecule has 0 saturated heterocycles. The summed E-state index contributed by atoms with van der Waals surface area (Å²) in [6.45, 7) is 0. The van der Waals surface area contributed by atoms with Gasteiger partial charge in [-0.3, -0.25) is 0 Å². The van der Waals surface area contributed by atoms with E-state index >= 15 is 0 Å². The maximum atomic E-state index is 10.4. The first-order valence-electron chi connectivity index (χ1n) is 3.42. The molecule has 1 rings (SSSR count). The van der Waals surface area contributed by atoms with Gasteiger partial charge in [0.15, 0.2) is 5.69 Å². The number of carboxylic acids is 1. The van der Waals surface area contributed by atoms with Crippen molar-refractivity contribution in [3.63, 3.8) is 0 Å². The molecule has 0 aliphatic rings. The maximum absolute atomic E-state index is 10.4. The van der Waals surface area contributed by atoms with Gasteiger partial charge in [0.2, 0.25) is 0 Å². The highest BCUT2D eigenvalue weighted by atomic mass is 32.2. The van der Waals surface area contributed by atoms with Crippen molar-refractivity contribution in [3.8, 4) is 0 Å². The monoisotopic (exact) mass is 187 g/mol. The van der Waals surface area contributed by atoms with E-state index in [1.807, 2.05) is 6.26 Å². The summed E-state index contributed by atoms with van der Waals surface area (Å²) in [4.78, 5) is 10.4. The zero-order valence-corrected chi connectivity index (χ0v) is 7.43. The van der Waals surface area contributed by atoms with Crippen LogP contribution in [0.1, 0.15) is 16.2 Å². The van der Waals surface area contributed by atoms with E-state index in [-0.39, 0.29) is 5.69 Å². The molecular weight excluding hydrogens is 178 g/mol. The van der Waals surface area contributed by atoms with Crippen LogP contribution in [0.25, 0.3) is 0 Å². The predicted octanol–water partition coefficient (Wildman–Crippen LogP) is 1.28. The zero-order valence-electron chi connectivity index (χ0n) is 6.61. The fourth-order valence-corrected chi connectivity index (χ4v) is 1.14. The van der Waals surface area contributed by atoms with Crippen LogP contribution in [0.4, 0.5) is 0 Å². The quantitative estimate of drug-likeness (QED) is 0.769. The summed E-state index contributed by atoms with van der Waals surface area (Å²) < 4.78 is 4.78. The van der Waals surface area contributed by atoms with Crippen molar-refractivity contribution in [2.75, 3.05) is 12.0 Å². The van der Waals surface area contributed by atoms with Crippen LogP contribution in [-0.2, 0) is 6.42 Å². The van der Waals surface area contributed by atoms with E-state index in [1.165, 1.54) is 6.07 Å². The molecule has 5 heteroatoms. The Morgan fingerprint density at radius 1 is 1.83 bits per heavy atom. The lowest BCUT2D eigenvalue weighted by Gasteiger charge is -1.88. The Balaban J connectivity index is 2.58. The maximum Gasteiger partial charge on any atom is 0.358 e. The summed E-state index contributed by atoms with van der Waals surface area (Å²) in [6, 6.07) is 1.46. The van der Waals surface area contributed by atoms with Crippen molar-refractivity contribution < 1.29 is 14.4 Å². The molecule has 0 aromatic carbocycles. The van der Waals surface area contributed by atoms with E-state index in [9.17, 15) is 4.79 Å². The first-order valence-corrected chi connectivity index (χ1v) is 4.81. The van der Waals surface area contributed by atoms with Crippen LogP contribution in [0.15, 0.2) is 10.6 Å². The third-order valence-electron chi connectivity index (χ3n) is 1.33. The largest absolute Gasteiger partial charge is 0.476 e. The van der Waals surface area contributed by atoms with Crippen molar-refractivity contribution in [3.05, 3.63) is 17.5 Å². The second-order valence-electron chi connectivity index (χ2n) is 2.23. The molecule has 4 nitrogen and oxygen atoms in total. The van der Waals surface area contributed by atoms with Crippen LogP contribution >= 0.6 is 11.8 Å². The molecule has 0 saturated carbocycles. The molecule has 1 aromatic rings. The number of rotatable bonds is 4. The number of aromatic carboxylic acids is 1. The number of hydrogen-bond acceptors (Lipinski definition) is 4. The third kappa shape index (κ3) is 2.27. The van der Waals surface area contributed by atoms with Crippen molar-refractivity contribution >= 4 is 17.7 Å². The fourth-order valence-electron chi connectivity index (χ4n) is 0.734. The van der Waals surface area contributed by atoms with Crippen molar-refractivity contribution in [1.29, 1.82) is 0 Å². The van der Waals surface area contributed by atoms with Crippen LogP contribution in [0, 0.1) is 0 Å². The number of hydrogen-bond donors (Lipinski definition) is 1. The van der Waals surface area contributed by atoms with E-state index < -0.39 is 5.97 Å². The lowest BCUT2D eigenvalue weighted by atomic mass is 10.3. The Morgan fingerprint density at radius 3 is 3.08 bits per heavy atom. The van der Waals surface area contributed by atoms with Crippen LogP contribution in [0.3, 0.4) is 0 Å². The predicted molar refractivity (Wildman–Crippen MR) is 45.5 cm³/mol. The van der Waals surface area contributed by atoms with Crippen molar-refractivity contribution in [2.24, 2.45) is 0 Å². The first-order chi connectivity index (χ1) is 5.74. The molecule has 0 fully saturated rings. The molecule has 0 aliphatic heterocycles. The van der Waals surface area contributed by atoms with E-state index in [4.69, 9.17) is 9.63 Å². The van der Waals surface area contributed by atoms with Gasteiger partial charge in [-0.1, -0.05) is 5.16 Å². The smallest absolute Gasteiger partial charge is 0.358 e. The molecule has 0 amide bonds. The summed E-state index contributed by atoms with van der Waals surface area (Å²) in [6.07, 6.45) is 2.70. The number of carbonyl (C=O) groups is 1. The van der Waals surface area contributed by atoms with Gasteiger partial charge in [-0.25, -0.2) is 4.79 Å². The molecule has 0 atom stereocenters. The van der Waals surface area contributed by atoms with E-state index in [0.29, 0.717) is 5.76 Å². The van der Waals surface area contributed by atoms with Gasteiger partial charge in [-0.15, -0.1) is 0 Å². The highest BCUT2D eigenvalue weighted by Crippen LogP contribution is 2.06. The Bertz CT molecular complexity index is 271. The van der Waals surface area contributed by atoms with E-state index in [2.05, 4.69) is 5.16 Å². The molecule has 0 spiro atoms. The van der Waals surface area contributed by atoms with Crippen LogP contribution < -0.4 is 0 Å². The SMILES string of the molecule is CSCCc1cc(C(=O)O)no1. The average molecular weight is 187 g/mol. The number of nitrogens with zero attached hydrogens (tertiary/aromatic N) is 1. The van der Waals surface area contributed by atoms with Gasteiger partial charge in [-0.05, 0) is 6.26 Å². The number of aromatic nitrogens is 1. The molecule has 66 valence electrons.